The second-order valence-corrected chi connectivity index (χ2v) is 4.96. The van der Waals surface area contributed by atoms with Crippen molar-refractivity contribution in [2.75, 3.05) is 19.8 Å². The molecule has 1 aromatic rings. The zero-order valence-electron chi connectivity index (χ0n) is 11.3. The molecule has 1 unspecified atom stereocenters. The molecule has 1 N–H and O–H groups in total. The average molecular weight is 268 g/mol. The van der Waals surface area contributed by atoms with Gasteiger partial charge in [-0.3, -0.25) is 0 Å². The molecule has 106 valence electrons. The van der Waals surface area contributed by atoms with Crippen LogP contribution < -0.4 is 0 Å². The molecule has 3 nitrogen and oxygen atoms in total. The van der Waals surface area contributed by atoms with Crippen LogP contribution in [-0.2, 0) is 15.9 Å². The molecule has 0 aromatic heterocycles. The monoisotopic (exact) mass is 268 g/mol. The van der Waals surface area contributed by atoms with Gasteiger partial charge in [-0.25, -0.2) is 4.39 Å². The lowest BCUT2D eigenvalue weighted by atomic mass is 9.84. The smallest absolute Gasteiger partial charge is 0.123 e. The van der Waals surface area contributed by atoms with Crippen LogP contribution in [0.25, 0.3) is 0 Å². The highest BCUT2D eigenvalue weighted by molar-refractivity contribution is 5.17. The van der Waals surface area contributed by atoms with Crippen LogP contribution in [0, 0.1) is 5.82 Å². The fourth-order valence-electron chi connectivity index (χ4n) is 2.61. The molecule has 1 aliphatic heterocycles. The molecule has 0 amide bonds. The van der Waals surface area contributed by atoms with E-state index in [4.69, 9.17) is 9.47 Å². The number of ether oxygens (including phenoxy) is 2. The van der Waals surface area contributed by atoms with Crippen molar-refractivity contribution < 1.29 is 19.0 Å². The number of hydrogen-bond donors (Lipinski definition) is 1. The van der Waals surface area contributed by atoms with Crippen LogP contribution in [0.5, 0.6) is 0 Å². The van der Waals surface area contributed by atoms with Crippen LogP contribution in [0.2, 0.25) is 0 Å². The van der Waals surface area contributed by atoms with Crippen LogP contribution >= 0.6 is 0 Å². The lowest BCUT2D eigenvalue weighted by Gasteiger charge is -2.40. The average Bonchev–Trinajstić information content (AvgIpc) is 2.43. The Morgan fingerprint density at radius 1 is 1.32 bits per heavy atom. The topological polar surface area (TPSA) is 38.7 Å². The van der Waals surface area contributed by atoms with Gasteiger partial charge in [0.25, 0.3) is 0 Å². The third-order valence-corrected chi connectivity index (χ3v) is 3.72. The first-order valence-corrected chi connectivity index (χ1v) is 6.80. The zero-order chi connectivity index (χ0) is 13.7. The van der Waals surface area contributed by atoms with Crippen LogP contribution in [0.1, 0.15) is 25.3 Å². The summed E-state index contributed by atoms with van der Waals surface area (Å²) < 4.78 is 24.0. The Morgan fingerprint density at radius 2 is 1.95 bits per heavy atom. The summed E-state index contributed by atoms with van der Waals surface area (Å²) in [4.78, 5) is 0. The molecular weight excluding hydrogens is 247 g/mol. The molecule has 1 fully saturated rings. The second kappa shape index (κ2) is 6.46. The normalized spacial score (nSPS) is 20.2. The molecule has 0 saturated carbocycles. The van der Waals surface area contributed by atoms with E-state index in [2.05, 4.69) is 0 Å². The third kappa shape index (κ3) is 3.53. The molecular formula is C15H21FO3. The van der Waals surface area contributed by atoms with Gasteiger partial charge in [-0.15, -0.1) is 0 Å². The van der Waals surface area contributed by atoms with Crippen molar-refractivity contribution in [3.05, 3.63) is 35.6 Å². The third-order valence-electron chi connectivity index (χ3n) is 3.72. The first-order valence-electron chi connectivity index (χ1n) is 6.80. The van der Waals surface area contributed by atoms with Crippen LogP contribution in [0.4, 0.5) is 4.39 Å². The van der Waals surface area contributed by atoms with Gasteiger partial charge in [0, 0.05) is 39.1 Å². The number of halogens is 1. The Hall–Kier alpha value is -0.970. The summed E-state index contributed by atoms with van der Waals surface area (Å²) in [5.41, 5.74) is 0.390. The lowest BCUT2D eigenvalue weighted by Crippen LogP contribution is -2.50. The fourth-order valence-corrected chi connectivity index (χ4v) is 2.61. The second-order valence-electron chi connectivity index (χ2n) is 4.96. The number of rotatable bonds is 5. The van der Waals surface area contributed by atoms with E-state index in [1.165, 1.54) is 12.1 Å². The molecule has 0 spiro atoms. The predicted molar refractivity (Wildman–Crippen MR) is 70.5 cm³/mol. The Balaban J connectivity index is 2.06. The summed E-state index contributed by atoms with van der Waals surface area (Å²) in [7, 11) is 0. The molecule has 1 heterocycles. The van der Waals surface area contributed by atoms with Crippen LogP contribution in [-0.4, -0.2) is 36.6 Å². The summed E-state index contributed by atoms with van der Waals surface area (Å²) in [6.45, 7) is 3.73. The van der Waals surface area contributed by atoms with E-state index in [0.29, 0.717) is 39.1 Å². The summed E-state index contributed by atoms with van der Waals surface area (Å²) in [5.74, 6) is -0.260. The molecule has 1 saturated heterocycles. The van der Waals surface area contributed by atoms with Gasteiger partial charge in [-0.1, -0.05) is 12.1 Å². The van der Waals surface area contributed by atoms with Crippen LogP contribution in [0.3, 0.4) is 0 Å². The lowest BCUT2D eigenvalue weighted by molar-refractivity contribution is -0.165. The fraction of sp³-hybridized carbons (Fsp3) is 0.600. The molecule has 1 aliphatic rings. The minimum absolute atomic E-state index is 0.260. The van der Waals surface area contributed by atoms with E-state index in [1.54, 1.807) is 12.1 Å². The maximum Gasteiger partial charge on any atom is 0.123 e. The number of aliphatic hydroxyl groups is 1. The van der Waals surface area contributed by atoms with Crippen molar-refractivity contribution in [2.24, 2.45) is 0 Å². The highest BCUT2D eigenvalue weighted by Gasteiger charge is 2.40. The quantitative estimate of drug-likeness (QED) is 0.890. The Morgan fingerprint density at radius 3 is 2.53 bits per heavy atom. The van der Waals surface area contributed by atoms with Gasteiger partial charge in [0.2, 0.25) is 0 Å². The molecule has 1 aromatic carbocycles. The van der Waals surface area contributed by atoms with Crippen molar-refractivity contribution >= 4 is 0 Å². The van der Waals surface area contributed by atoms with Gasteiger partial charge >= 0.3 is 0 Å². The molecule has 4 heteroatoms. The zero-order valence-corrected chi connectivity index (χ0v) is 11.3. The molecule has 0 bridgehead atoms. The van der Waals surface area contributed by atoms with Gasteiger partial charge in [0.15, 0.2) is 0 Å². The Kier molecular flexibility index (Phi) is 4.91. The predicted octanol–water partition coefficient (Wildman–Crippen LogP) is 2.31. The first-order chi connectivity index (χ1) is 9.16. The van der Waals surface area contributed by atoms with Gasteiger partial charge in [-0.2, -0.15) is 0 Å². The number of hydrogen-bond acceptors (Lipinski definition) is 3. The molecule has 1 atom stereocenters. The van der Waals surface area contributed by atoms with E-state index in [-0.39, 0.29) is 5.82 Å². The Bertz CT molecular complexity index is 379. The standard InChI is InChI=1S/C15H21FO3/c1-2-19-15(7-9-18-10-8-15)14(17)11-12-3-5-13(16)6-4-12/h3-6,14,17H,2,7-11H2,1H3. The van der Waals surface area contributed by atoms with Crippen molar-refractivity contribution in [1.29, 1.82) is 0 Å². The molecule has 19 heavy (non-hydrogen) atoms. The van der Waals surface area contributed by atoms with E-state index in [1.807, 2.05) is 6.92 Å². The van der Waals surface area contributed by atoms with E-state index >= 15 is 0 Å². The maximum absolute atomic E-state index is 12.9. The summed E-state index contributed by atoms with van der Waals surface area (Å²) in [5, 5.41) is 10.5. The maximum atomic E-state index is 12.9. The van der Waals surface area contributed by atoms with Gasteiger partial charge < -0.3 is 14.6 Å². The first kappa shape index (κ1) is 14.4. The molecule has 0 aliphatic carbocycles. The largest absolute Gasteiger partial charge is 0.390 e. The number of aliphatic hydroxyl groups excluding tert-OH is 1. The summed E-state index contributed by atoms with van der Waals surface area (Å²) >= 11 is 0. The van der Waals surface area contributed by atoms with Crippen molar-refractivity contribution in [2.45, 2.75) is 37.9 Å². The number of benzene rings is 1. The van der Waals surface area contributed by atoms with Crippen molar-refractivity contribution in [1.82, 2.24) is 0 Å². The molecule has 0 radical (unpaired) electrons. The van der Waals surface area contributed by atoms with Gasteiger partial charge in [0.05, 0.1) is 11.7 Å². The Labute approximate surface area is 113 Å². The summed E-state index contributed by atoms with van der Waals surface area (Å²) in [6.07, 6.45) is 1.27. The van der Waals surface area contributed by atoms with Crippen LogP contribution in [0.15, 0.2) is 24.3 Å². The van der Waals surface area contributed by atoms with Gasteiger partial charge in [-0.05, 0) is 24.6 Å². The highest BCUT2D eigenvalue weighted by atomic mass is 19.1. The highest BCUT2D eigenvalue weighted by Crippen LogP contribution is 2.30. The van der Waals surface area contributed by atoms with Crippen molar-refractivity contribution in [3.8, 4) is 0 Å². The van der Waals surface area contributed by atoms with Gasteiger partial charge in [0.1, 0.15) is 5.82 Å². The van der Waals surface area contributed by atoms with E-state index in [0.717, 1.165) is 5.56 Å². The van der Waals surface area contributed by atoms with Crippen molar-refractivity contribution in [3.63, 3.8) is 0 Å². The minimum atomic E-state index is -0.596. The minimum Gasteiger partial charge on any atom is -0.390 e. The van der Waals surface area contributed by atoms with E-state index in [9.17, 15) is 9.50 Å². The molecule has 2 rings (SSSR count). The SMILES string of the molecule is CCOC1(C(O)Cc2ccc(F)cc2)CCOCC1. The summed E-state index contributed by atoms with van der Waals surface area (Å²) in [6, 6.07) is 6.24. The van der Waals surface area contributed by atoms with E-state index < -0.39 is 11.7 Å².